The van der Waals surface area contributed by atoms with Crippen LogP contribution in [0.1, 0.15) is 37.1 Å². The molecule has 1 amide bonds. The van der Waals surface area contributed by atoms with Gasteiger partial charge in [0.1, 0.15) is 5.37 Å². The summed E-state index contributed by atoms with van der Waals surface area (Å²) in [6.07, 6.45) is 2.61. The van der Waals surface area contributed by atoms with Crippen molar-refractivity contribution in [2.45, 2.75) is 31.6 Å². The fourth-order valence-corrected chi connectivity index (χ4v) is 4.05. The zero-order chi connectivity index (χ0) is 13.8. The van der Waals surface area contributed by atoms with Crippen molar-refractivity contribution < 1.29 is 4.79 Å². The van der Waals surface area contributed by atoms with Crippen LogP contribution in [0.15, 0.2) is 18.2 Å². The van der Waals surface area contributed by atoms with Crippen molar-refractivity contribution in [1.82, 2.24) is 4.90 Å². The number of halogens is 2. The molecule has 19 heavy (non-hydrogen) atoms. The van der Waals surface area contributed by atoms with E-state index in [1.807, 2.05) is 17.0 Å². The van der Waals surface area contributed by atoms with Crippen molar-refractivity contribution >= 4 is 40.9 Å². The van der Waals surface area contributed by atoms with Crippen molar-refractivity contribution in [3.05, 3.63) is 33.8 Å². The molecule has 0 aromatic heterocycles. The van der Waals surface area contributed by atoms with E-state index < -0.39 is 0 Å². The predicted molar refractivity (Wildman–Crippen MR) is 82.9 cm³/mol. The number of carbonyl (C=O) groups excluding carboxylic acids is 1. The highest BCUT2D eigenvalue weighted by Crippen LogP contribution is 2.41. The van der Waals surface area contributed by atoms with Gasteiger partial charge in [0, 0.05) is 34.3 Å². The molecule has 0 bridgehead atoms. The Balaban J connectivity index is 2.16. The number of rotatable bonds is 4. The average molecular weight is 318 g/mol. The molecule has 104 valence electrons. The van der Waals surface area contributed by atoms with Gasteiger partial charge in [0.05, 0.1) is 0 Å². The van der Waals surface area contributed by atoms with E-state index >= 15 is 0 Å². The Morgan fingerprint density at radius 2 is 2.26 bits per heavy atom. The molecule has 1 saturated heterocycles. The van der Waals surface area contributed by atoms with Crippen LogP contribution in [-0.4, -0.2) is 23.1 Å². The molecule has 2 rings (SSSR count). The van der Waals surface area contributed by atoms with Crippen LogP contribution in [-0.2, 0) is 4.79 Å². The molecule has 0 saturated carbocycles. The minimum atomic E-state index is 0.0362. The van der Waals surface area contributed by atoms with Gasteiger partial charge >= 0.3 is 0 Å². The Hall–Kier alpha value is -0.380. The van der Waals surface area contributed by atoms with Crippen molar-refractivity contribution in [2.24, 2.45) is 0 Å². The highest BCUT2D eigenvalue weighted by molar-refractivity contribution is 7.99. The van der Waals surface area contributed by atoms with E-state index in [-0.39, 0.29) is 11.3 Å². The molecule has 1 aromatic carbocycles. The molecule has 1 fully saturated rings. The number of nitrogens with zero attached hydrogens (tertiary/aromatic N) is 1. The minimum Gasteiger partial charge on any atom is -0.326 e. The first-order valence-electron chi connectivity index (χ1n) is 6.49. The van der Waals surface area contributed by atoms with Crippen LogP contribution in [0.3, 0.4) is 0 Å². The van der Waals surface area contributed by atoms with E-state index in [9.17, 15) is 4.79 Å². The minimum absolute atomic E-state index is 0.0362. The monoisotopic (exact) mass is 317 g/mol. The second-order valence-corrected chi connectivity index (χ2v) is 6.61. The molecule has 1 aromatic rings. The molecule has 0 N–H and O–H groups in total. The second-order valence-electron chi connectivity index (χ2n) is 4.58. The number of thioether (sulfide) groups is 1. The topological polar surface area (TPSA) is 20.3 Å². The summed E-state index contributed by atoms with van der Waals surface area (Å²) in [7, 11) is 0. The van der Waals surface area contributed by atoms with Gasteiger partial charge in [-0.1, -0.05) is 42.6 Å². The molecule has 0 spiro atoms. The standard InChI is InChI=1S/C14H17Cl2NOS/c1-2-3-4-13(18)17-7-8-19-14(17)11-6-5-10(15)9-12(11)16/h5-6,9,14H,2-4,7-8H2,1H3/t14-/m1/s1. The maximum Gasteiger partial charge on any atom is 0.223 e. The molecule has 1 heterocycles. The summed E-state index contributed by atoms with van der Waals surface area (Å²) in [4.78, 5) is 14.1. The summed E-state index contributed by atoms with van der Waals surface area (Å²) >= 11 is 13.9. The van der Waals surface area contributed by atoms with Crippen LogP contribution in [0.25, 0.3) is 0 Å². The highest BCUT2D eigenvalue weighted by atomic mass is 35.5. The Labute approximate surface area is 128 Å². The SMILES string of the molecule is CCCCC(=O)N1CCS[C@@H]1c1ccc(Cl)cc1Cl. The molecule has 0 aliphatic carbocycles. The van der Waals surface area contributed by atoms with E-state index in [0.29, 0.717) is 16.5 Å². The summed E-state index contributed by atoms with van der Waals surface area (Å²) < 4.78 is 0. The molecule has 2 nitrogen and oxygen atoms in total. The van der Waals surface area contributed by atoms with E-state index in [0.717, 1.165) is 30.7 Å². The predicted octanol–water partition coefficient (Wildman–Crippen LogP) is 4.76. The third-order valence-electron chi connectivity index (χ3n) is 3.18. The van der Waals surface area contributed by atoms with Crippen molar-refractivity contribution in [1.29, 1.82) is 0 Å². The second kappa shape index (κ2) is 6.87. The van der Waals surface area contributed by atoms with E-state index in [4.69, 9.17) is 23.2 Å². The van der Waals surface area contributed by atoms with Crippen LogP contribution in [0.2, 0.25) is 10.0 Å². The van der Waals surface area contributed by atoms with E-state index in [2.05, 4.69) is 6.92 Å². The average Bonchev–Trinajstić information content (AvgIpc) is 2.85. The zero-order valence-electron chi connectivity index (χ0n) is 10.9. The molecule has 0 unspecified atom stereocenters. The fraction of sp³-hybridized carbons (Fsp3) is 0.500. The van der Waals surface area contributed by atoms with Crippen LogP contribution in [0.5, 0.6) is 0 Å². The Bertz CT molecular complexity index is 467. The number of unbranched alkanes of at least 4 members (excludes halogenated alkanes) is 1. The van der Waals surface area contributed by atoms with Crippen LogP contribution >= 0.6 is 35.0 Å². The van der Waals surface area contributed by atoms with Gasteiger partial charge in [-0.25, -0.2) is 0 Å². The van der Waals surface area contributed by atoms with Crippen LogP contribution < -0.4 is 0 Å². The number of benzene rings is 1. The quantitative estimate of drug-likeness (QED) is 0.798. The molecule has 0 radical (unpaired) electrons. The lowest BCUT2D eigenvalue weighted by molar-refractivity contribution is -0.131. The van der Waals surface area contributed by atoms with Crippen molar-refractivity contribution in [3.8, 4) is 0 Å². The lowest BCUT2D eigenvalue weighted by atomic mass is 10.2. The van der Waals surface area contributed by atoms with E-state index in [1.165, 1.54) is 0 Å². The number of amides is 1. The first kappa shape index (κ1) is 15.0. The Kier molecular flexibility index (Phi) is 5.43. The molecular formula is C14H17Cl2NOS. The van der Waals surface area contributed by atoms with Gasteiger partial charge in [-0.2, -0.15) is 0 Å². The zero-order valence-corrected chi connectivity index (χ0v) is 13.2. The van der Waals surface area contributed by atoms with E-state index in [1.54, 1.807) is 17.8 Å². The number of carbonyl (C=O) groups is 1. The maximum absolute atomic E-state index is 12.2. The lowest BCUT2D eigenvalue weighted by Gasteiger charge is -2.25. The van der Waals surface area contributed by atoms with Crippen molar-refractivity contribution in [2.75, 3.05) is 12.3 Å². The summed E-state index contributed by atoms with van der Waals surface area (Å²) in [6, 6.07) is 5.50. The summed E-state index contributed by atoms with van der Waals surface area (Å²) in [5.41, 5.74) is 0.985. The van der Waals surface area contributed by atoms with Gasteiger partial charge in [-0.15, -0.1) is 11.8 Å². The number of hydrogen-bond acceptors (Lipinski definition) is 2. The van der Waals surface area contributed by atoms with Crippen molar-refractivity contribution in [3.63, 3.8) is 0 Å². The fourth-order valence-electron chi connectivity index (χ4n) is 2.16. The Morgan fingerprint density at radius 1 is 1.47 bits per heavy atom. The third-order valence-corrected chi connectivity index (χ3v) is 4.99. The molecule has 1 atom stereocenters. The summed E-state index contributed by atoms with van der Waals surface area (Å²) in [5, 5.41) is 1.30. The van der Waals surface area contributed by atoms with Gasteiger partial charge in [0.15, 0.2) is 0 Å². The first-order chi connectivity index (χ1) is 9.13. The van der Waals surface area contributed by atoms with Gasteiger partial charge in [0.25, 0.3) is 0 Å². The normalized spacial score (nSPS) is 18.9. The summed E-state index contributed by atoms with van der Waals surface area (Å²) in [6.45, 7) is 2.90. The van der Waals surface area contributed by atoms with Gasteiger partial charge in [0.2, 0.25) is 5.91 Å². The van der Waals surface area contributed by atoms with Crippen LogP contribution in [0, 0.1) is 0 Å². The van der Waals surface area contributed by atoms with Gasteiger partial charge in [-0.05, 0) is 18.6 Å². The smallest absolute Gasteiger partial charge is 0.223 e. The third kappa shape index (κ3) is 3.59. The largest absolute Gasteiger partial charge is 0.326 e. The van der Waals surface area contributed by atoms with Gasteiger partial charge in [-0.3, -0.25) is 4.79 Å². The van der Waals surface area contributed by atoms with Crippen LogP contribution in [0.4, 0.5) is 0 Å². The molecule has 1 aliphatic rings. The number of hydrogen-bond donors (Lipinski definition) is 0. The maximum atomic E-state index is 12.2. The molecule has 5 heteroatoms. The molecular weight excluding hydrogens is 301 g/mol. The lowest BCUT2D eigenvalue weighted by Crippen LogP contribution is -2.30. The van der Waals surface area contributed by atoms with Gasteiger partial charge < -0.3 is 4.90 Å². The highest BCUT2D eigenvalue weighted by Gasteiger charge is 2.31. The Morgan fingerprint density at radius 3 is 2.95 bits per heavy atom. The summed E-state index contributed by atoms with van der Waals surface area (Å²) in [5.74, 6) is 1.18. The first-order valence-corrected chi connectivity index (χ1v) is 8.30. The molecule has 1 aliphatic heterocycles.